The smallest absolute Gasteiger partial charge is 0.0662 e. The molecule has 0 aliphatic carbocycles. The highest BCUT2D eigenvalue weighted by Gasteiger charge is 2.07. The molecule has 3 heteroatoms. The van der Waals surface area contributed by atoms with Crippen molar-refractivity contribution >= 4 is 0 Å². The van der Waals surface area contributed by atoms with Crippen molar-refractivity contribution < 1.29 is 5.11 Å². The van der Waals surface area contributed by atoms with Crippen LogP contribution in [0.2, 0.25) is 0 Å². The molecule has 3 nitrogen and oxygen atoms in total. The summed E-state index contributed by atoms with van der Waals surface area (Å²) >= 11 is 0. The van der Waals surface area contributed by atoms with Crippen molar-refractivity contribution in [1.82, 2.24) is 10.2 Å². The van der Waals surface area contributed by atoms with Crippen LogP contribution in [0.5, 0.6) is 0 Å². The van der Waals surface area contributed by atoms with Gasteiger partial charge in [0, 0.05) is 25.7 Å². The third kappa shape index (κ3) is 5.82. The number of nitrogens with zero attached hydrogens (tertiary/aromatic N) is 1. The Hall–Kier alpha value is -0.900. The molecule has 0 spiro atoms. The van der Waals surface area contributed by atoms with E-state index in [0.717, 1.165) is 19.6 Å². The SMILES string of the molecule is CC(O)C(C)NCCN(C)Cc1ccccc1. The molecule has 1 aromatic rings. The Morgan fingerprint density at radius 3 is 2.47 bits per heavy atom. The van der Waals surface area contributed by atoms with Gasteiger partial charge in [0.2, 0.25) is 0 Å². The number of nitrogens with one attached hydrogen (secondary N) is 1. The van der Waals surface area contributed by atoms with Crippen molar-refractivity contribution in [1.29, 1.82) is 0 Å². The van der Waals surface area contributed by atoms with Crippen molar-refractivity contribution in [3.63, 3.8) is 0 Å². The maximum Gasteiger partial charge on any atom is 0.0662 e. The highest BCUT2D eigenvalue weighted by molar-refractivity contribution is 5.14. The summed E-state index contributed by atoms with van der Waals surface area (Å²) in [5.41, 5.74) is 1.33. The highest BCUT2D eigenvalue weighted by atomic mass is 16.3. The predicted molar refractivity (Wildman–Crippen MR) is 71.9 cm³/mol. The van der Waals surface area contributed by atoms with Gasteiger partial charge in [0.25, 0.3) is 0 Å². The lowest BCUT2D eigenvalue weighted by molar-refractivity contribution is 0.150. The Balaban J connectivity index is 2.20. The van der Waals surface area contributed by atoms with Crippen LogP contribution >= 0.6 is 0 Å². The molecule has 1 aromatic carbocycles. The molecule has 1 rings (SSSR count). The summed E-state index contributed by atoms with van der Waals surface area (Å²) in [5, 5.41) is 12.7. The number of rotatable bonds is 7. The molecule has 2 unspecified atom stereocenters. The fourth-order valence-corrected chi connectivity index (χ4v) is 1.63. The fraction of sp³-hybridized carbons (Fsp3) is 0.571. The second kappa shape index (κ2) is 7.43. The quantitative estimate of drug-likeness (QED) is 0.752. The second-order valence-corrected chi connectivity index (χ2v) is 4.71. The second-order valence-electron chi connectivity index (χ2n) is 4.71. The molecule has 96 valence electrons. The van der Waals surface area contributed by atoms with Gasteiger partial charge in [0.15, 0.2) is 0 Å². The van der Waals surface area contributed by atoms with E-state index in [2.05, 4.69) is 41.5 Å². The Morgan fingerprint density at radius 1 is 1.24 bits per heavy atom. The van der Waals surface area contributed by atoms with E-state index in [0.29, 0.717) is 0 Å². The Kier molecular flexibility index (Phi) is 6.19. The van der Waals surface area contributed by atoms with Gasteiger partial charge in [-0.05, 0) is 26.5 Å². The van der Waals surface area contributed by atoms with Gasteiger partial charge in [-0.2, -0.15) is 0 Å². The number of hydrogen-bond acceptors (Lipinski definition) is 3. The van der Waals surface area contributed by atoms with Gasteiger partial charge in [-0.3, -0.25) is 0 Å². The van der Waals surface area contributed by atoms with E-state index in [9.17, 15) is 5.11 Å². The van der Waals surface area contributed by atoms with Gasteiger partial charge in [-0.25, -0.2) is 0 Å². The van der Waals surface area contributed by atoms with Gasteiger partial charge in [-0.15, -0.1) is 0 Å². The van der Waals surface area contributed by atoms with Gasteiger partial charge in [0.1, 0.15) is 0 Å². The molecule has 0 aromatic heterocycles. The largest absolute Gasteiger partial charge is 0.392 e. The molecule has 0 aliphatic heterocycles. The first kappa shape index (κ1) is 14.2. The standard InChI is InChI=1S/C14H24N2O/c1-12(13(2)17)15-9-10-16(3)11-14-7-5-4-6-8-14/h4-8,12-13,15,17H,9-11H2,1-3H3. The summed E-state index contributed by atoms with van der Waals surface area (Å²) in [7, 11) is 2.11. The molecular formula is C14H24N2O. The maximum absolute atomic E-state index is 9.35. The number of hydrogen-bond donors (Lipinski definition) is 2. The van der Waals surface area contributed by atoms with Crippen LogP contribution in [0, 0.1) is 0 Å². The zero-order chi connectivity index (χ0) is 12.7. The molecule has 0 radical (unpaired) electrons. The van der Waals surface area contributed by atoms with Crippen LogP contribution in [0.4, 0.5) is 0 Å². The maximum atomic E-state index is 9.35. The Labute approximate surface area is 104 Å². The predicted octanol–water partition coefficient (Wildman–Crippen LogP) is 1.48. The van der Waals surface area contributed by atoms with E-state index in [1.54, 1.807) is 0 Å². The molecule has 0 amide bonds. The van der Waals surface area contributed by atoms with Crippen molar-refractivity contribution in [2.45, 2.75) is 32.5 Å². The molecule has 0 fully saturated rings. The minimum atomic E-state index is -0.297. The van der Waals surface area contributed by atoms with Crippen LogP contribution in [-0.4, -0.2) is 42.3 Å². The molecule has 0 bridgehead atoms. The molecular weight excluding hydrogens is 212 g/mol. The summed E-state index contributed by atoms with van der Waals surface area (Å²) in [5.74, 6) is 0. The van der Waals surface area contributed by atoms with E-state index >= 15 is 0 Å². The van der Waals surface area contributed by atoms with Crippen LogP contribution in [0.25, 0.3) is 0 Å². The van der Waals surface area contributed by atoms with Crippen LogP contribution in [0.1, 0.15) is 19.4 Å². The van der Waals surface area contributed by atoms with E-state index < -0.39 is 0 Å². The van der Waals surface area contributed by atoms with E-state index in [-0.39, 0.29) is 12.1 Å². The average Bonchev–Trinajstić information content (AvgIpc) is 2.30. The first-order valence-corrected chi connectivity index (χ1v) is 6.23. The van der Waals surface area contributed by atoms with Gasteiger partial charge >= 0.3 is 0 Å². The van der Waals surface area contributed by atoms with Gasteiger partial charge in [0.05, 0.1) is 6.10 Å². The number of aliphatic hydroxyl groups is 1. The van der Waals surface area contributed by atoms with Crippen LogP contribution in [0.3, 0.4) is 0 Å². The van der Waals surface area contributed by atoms with Crippen molar-refractivity contribution in [3.05, 3.63) is 35.9 Å². The Morgan fingerprint density at radius 2 is 1.88 bits per heavy atom. The zero-order valence-electron chi connectivity index (χ0n) is 11.1. The first-order chi connectivity index (χ1) is 8.09. The average molecular weight is 236 g/mol. The highest BCUT2D eigenvalue weighted by Crippen LogP contribution is 2.01. The molecule has 0 saturated carbocycles. The van der Waals surface area contributed by atoms with Crippen LogP contribution in [-0.2, 0) is 6.54 Å². The summed E-state index contributed by atoms with van der Waals surface area (Å²) in [6.45, 7) is 6.65. The number of benzene rings is 1. The third-order valence-electron chi connectivity index (χ3n) is 2.98. The summed E-state index contributed by atoms with van der Waals surface area (Å²) in [6.07, 6.45) is -0.297. The fourth-order valence-electron chi connectivity index (χ4n) is 1.63. The van der Waals surface area contributed by atoms with Gasteiger partial charge in [-0.1, -0.05) is 30.3 Å². The third-order valence-corrected chi connectivity index (χ3v) is 2.98. The lowest BCUT2D eigenvalue weighted by atomic mass is 10.2. The summed E-state index contributed by atoms with van der Waals surface area (Å²) < 4.78 is 0. The minimum Gasteiger partial charge on any atom is -0.392 e. The minimum absolute atomic E-state index is 0.153. The van der Waals surface area contributed by atoms with Crippen molar-refractivity contribution in [2.75, 3.05) is 20.1 Å². The van der Waals surface area contributed by atoms with Gasteiger partial charge < -0.3 is 15.3 Å². The molecule has 0 saturated heterocycles. The molecule has 0 aliphatic rings. The number of likely N-dealkylation sites (N-methyl/N-ethyl adjacent to an activating group) is 1. The topological polar surface area (TPSA) is 35.5 Å². The molecule has 0 heterocycles. The van der Waals surface area contributed by atoms with Crippen molar-refractivity contribution in [3.8, 4) is 0 Å². The zero-order valence-corrected chi connectivity index (χ0v) is 11.1. The summed E-state index contributed by atoms with van der Waals surface area (Å²) in [4.78, 5) is 2.27. The molecule has 2 N–H and O–H groups in total. The van der Waals surface area contributed by atoms with Crippen LogP contribution < -0.4 is 5.32 Å². The molecule has 17 heavy (non-hydrogen) atoms. The lowest BCUT2D eigenvalue weighted by Gasteiger charge is -2.20. The first-order valence-electron chi connectivity index (χ1n) is 6.23. The monoisotopic (exact) mass is 236 g/mol. The van der Waals surface area contributed by atoms with Crippen molar-refractivity contribution in [2.24, 2.45) is 0 Å². The summed E-state index contributed by atoms with van der Waals surface area (Å²) in [6, 6.07) is 10.6. The molecule has 2 atom stereocenters. The van der Waals surface area contributed by atoms with E-state index in [1.807, 2.05) is 19.9 Å². The Bertz CT molecular complexity index is 300. The lowest BCUT2D eigenvalue weighted by Crippen LogP contribution is -2.39. The van der Waals surface area contributed by atoms with E-state index in [4.69, 9.17) is 0 Å². The number of aliphatic hydroxyl groups excluding tert-OH is 1. The van der Waals surface area contributed by atoms with Crippen LogP contribution in [0.15, 0.2) is 30.3 Å². The normalized spacial score (nSPS) is 14.9. The van der Waals surface area contributed by atoms with E-state index in [1.165, 1.54) is 5.56 Å².